The van der Waals surface area contributed by atoms with Crippen LogP contribution < -0.4 is 26.0 Å². The molecule has 0 aliphatic heterocycles. The number of rotatable bonds is 12. The van der Waals surface area contributed by atoms with Gasteiger partial charge in [-0.2, -0.15) is 26.3 Å². The topological polar surface area (TPSA) is 9.23 Å². The molecule has 0 saturated carbocycles. The highest BCUT2D eigenvalue weighted by molar-refractivity contribution is 8.01. The summed E-state index contributed by atoms with van der Waals surface area (Å²) in [5.74, 6) is 0.603. The van der Waals surface area contributed by atoms with E-state index in [2.05, 4.69) is 6.92 Å². The van der Waals surface area contributed by atoms with Crippen LogP contribution in [0.1, 0.15) is 56.6 Å². The molecule has 0 amide bonds. The molecule has 222 valence electrons. The first-order chi connectivity index (χ1) is 20.1. The highest BCUT2D eigenvalue weighted by Gasteiger charge is 2.50. The van der Waals surface area contributed by atoms with Gasteiger partial charge in [-0.1, -0.05) is 75.4 Å². The van der Waals surface area contributed by atoms with Crippen molar-refractivity contribution in [3.63, 3.8) is 0 Å². The molecule has 1 nitrogen and oxygen atoms in total. The Morgan fingerprint density at radius 2 is 0.976 bits per heavy atom. The second-order valence-corrected chi connectivity index (χ2v) is 13.6. The van der Waals surface area contributed by atoms with Gasteiger partial charge in [-0.15, -0.1) is 0 Å². The van der Waals surface area contributed by atoms with Gasteiger partial charge >= 0.3 is 12.4 Å². The highest BCUT2D eigenvalue weighted by atomic mass is 31.2. The fraction of sp³-hybridized carbons (Fsp3) is 0.294. The number of benzene rings is 4. The zero-order valence-electron chi connectivity index (χ0n) is 23.4. The van der Waals surface area contributed by atoms with E-state index in [4.69, 9.17) is 4.74 Å². The monoisotopic (exact) mass is 603 g/mol. The number of hydrogen-bond donors (Lipinski definition) is 0. The van der Waals surface area contributed by atoms with E-state index in [1.54, 1.807) is 84.9 Å². The minimum Gasteiger partial charge on any atom is -0.494 e. The summed E-state index contributed by atoms with van der Waals surface area (Å²) >= 11 is 0. The summed E-state index contributed by atoms with van der Waals surface area (Å²) < 4.78 is 90.2. The van der Waals surface area contributed by atoms with Gasteiger partial charge in [0.25, 0.3) is 0 Å². The van der Waals surface area contributed by atoms with Gasteiger partial charge < -0.3 is 4.74 Å². The molecule has 0 N–H and O–H groups in total. The normalized spacial score (nSPS) is 12.4. The Morgan fingerprint density at radius 3 is 1.45 bits per heavy atom. The fourth-order valence-corrected chi connectivity index (χ4v) is 9.46. The molecule has 4 rings (SSSR count). The summed E-state index contributed by atoms with van der Waals surface area (Å²) in [5, 5.41) is 1.89. The first kappa shape index (κ1) is 31.6. The molecule has 0 aliphatic rings. The number of hydrogen-bond acceptors (Lipinski definition) is 1. The molecule has 0 bridgehead atoms. The second kappa shape index (κ2) is 13.8. The van der Waals surface area contributed by atoms with Crippen LogP contribution in [0.25, 0.3) is 0 Å². The van der Waals surface area contributed by atoms with Gasteiger partial charge in [0.1, 0.15) is 34.2 Å². The molecule has 0 aliphatic carbocycles. The van der Waals surface area contributed by atoms with Crippen molar-refractivity contribution in [2.45, 2.75) is 57.8 Å². The predicted molar refractivity (Wildman–Crippen MR) is 160 cm³/mol. The van der Waals surface area contributed by atoms with E-state index < -0.39 is 30.7 Å². The SMILES string of the molecule is CCCCCCCCOc1ccc([P+](c2ccccc2)(c2ccccc2)c2cc(C(F)(F)F)cc(C(F)(F)F)c2)cc1. The van der Waals surface area contributed by atoms with Crippen LogP contribution in [0.5, 0.6) is 5.75 Å². The Kier molecular flexibility index (Phi) is 10.4. The van der Waals surface area contributed by atoms with E-state index in [1.807, 2.05) is 0 Å². The van der Waals surface area contributed by atoms with Gasteiger partial charge in [0.05, 0.1) is 17.7 Å². The maximum atomic E-state index is 14.0. The van der Waals surface area contributed by atoms with Crippen LogP contribution in [0.3, 0.4) is 0 Å². The van der Waals surface area contributed by atoms with Crippen molar-refractivity contribution in [2.75, 3.05) is 6.61 Å². The van der Waals surface area contributed by atoms with E-state index in [1.165, 1.54) is 19.3 Å². The predicted octanol–water partition coefficient (Wildman–Crippen LogP) is 9.08. The first-order valence-corrected chi connectivity index (χ1v) is 15.9. The van der Waals surface area contributed by atoms with Gasteiger partial charge in [0.2, 0.25) is 0 Å². The Labute approximate surface area is 243 Å². The smallest absolute Gasteiger partial charge is 0.416 e. The van der Waals surface area contributed by atoms with Crippen molar-refractivity contribution in [1.82, 2.24) is 0 Å². The molecule has 8 heteroatoms. The quantitative estimate of drug-likeness (QED) is 0.0892. The summed E-state index contributed by atoms with van der Waals surface area (Å²) in [6.07, 6.45) is -3.23. The van der Waals surface area contributed by atoms with Crippen LogP contribution >= 0.6 is 7.26 Å². The van der Waals surface area contributed by atoms with Gasteiger partial charge in [0.15, 0.2) is 0 Å². The maximum absolute atomic E-state index is 14.0. The van der Waals surface area contributed by atoms with Crippen molar-refractivity contribution >= 4 is 28.5 Å². The molecular weight excluding hydrogens is 569 g/mol. The van der Waals surface area contributed by atoms with Crippen LogP contribution in [0.2, 0.25) is 0 Å². The molecule has 0 heterocycles. The summed E-state index contributed by atoms with van der Waals surface area (Å²) in [6.45, 7) is 2.70. The number of unbranched alkanes of at least 4 members (excludes halogenated alkanes) is 5. The number of ether oxygens (including phenoxy) is 1. The Bertz CT molecular complexity index is 1330. The van der Waals surface area contributed by atoms with Crippen molar-refractivity contribution in [3.8, 4) is 5.75 Å². The number of halogens is 6. The molecule has 42 heavy (non-hydrogen) atoms. The molecule has 0 fully saturated rings. The first-order valence-electron chi connectivity index (χ1n) is 14.1. The Morgan fingerprint density at radius 1 is 0.524 bits per heavy atom. The third kappa shape index (κ3) is 7.36. The van der Waals surface area contributed by atoms with Crippen LogP contribution in [0.4, 0.5) is 26.3 Å². The molecule has 0 saturated heterocycles. The second-order valence-electron chi connectivity index (χ2n) is 10.2. The lowest BCUT2D eigenvalue weighted by atomic mass is 10.1. The highest BCUT2D eigenvalue weighted by Crippen LogP contribution is 2.55. The standard InChI is InChI=1S/C34H34F6OP/c1-2-3-4-5-6-13-22-41-28-18-20-31(21-19-28)42(29-14-9-7-10-15-29,30-16-11-8-12-17-30)32-24-26(33(35,36)37)23-27(25-32)34(38,39)40/h7-12,14-21,23-25H,2-6,13,22H2,1H3/q+1. The molecule has 0 spiro atoms. The minimum absolute atomic E-state index is 0.0252. The molecule has 4 aromatic rings. The van der Waals surface area contributed by atoms with Gasteiger partial charge in [-0.3, -0.25) is 0 Å². The Balaban J connectivity index is 1.86. The van der Waals surface area contributed by atoms with Crippen LogP contribution in [0, 0.1) is 0 Å². The fourth-order valence-electron chi connectivity index (χ4n) is 5.17. The third-order valence-corrected chi connectivity index (χ3v) is 11.5. The van der Waals surface area contributed by atoms with Gasteiger partial charge in [-0.05, 0) is 73.2 Å². The van der Waals surface area contributed by atoms with Crippen LogP contribution in [-0.4, -0.2) is 6.61 Å². The van der Waals surface area contributed by atoms with Crippen LogP contribution in [0.15, 0.2) is 103 Å². The van der Waals surface area contributed by atoms with E-state index in [0.29, 0.717) is 28.3 Å². The van der Waals surface area contributed by atoms with Gasteiger partial charge in [0, 0.05) is 0 Å². The summed E-state index contributed by atoms with van der Waals surface area (Å²) in [6, 6.07) is 26.7. The summed E-state index contributed by atoms with van der Waals surface area (Å²) in [5.41, 5.74) is -2.66. The van der Waals surface area contributed by atoms with E-state index in [9.17, 15) is 26.3 Å². The van der Waals surface area contributed by atoms with E-state index in [-0.39, 0.29) is 11.4 Å². The molecule has 0 atom stereocenters. The average Bonchev–Trinajstić information content (AvgIpc) is 2.98. The molecule has 0 aromatic heterocycles. The Hall–Kier alpha value is -3.31. The van der Waals surface area contributed by atoms with Crippen LogP contribution in [-0.2, 0) is 12.4 Å². The maximum Gasteiger partial charge on any atom is 0.416 e. The lowest BCUT2D eigenvalue weighted by molar-refractivity contribution is -0.142. The lowest BCUT2D eigenvalue weighted by Crippen LogP contribution is -2.39. The molecule has 4 aromatic carbocycles. The van der Waals surface area contributed by atoms with E-state index in [0.717, 1.165) is 31.4 Å². The summed E-state index contributed by atoms with van der Waals surface area (Å²) in [4.78, 5) is 0. The molecule has 0 radical (unpaired) electrons. The van der Waals surface area contributed by atoms with Crippen molar-refractivity contribution in [2.24, 2.45) is 0 Å². The minimum atomic E-state index is -4.96. The largest absolute Gasteiger partial charge is 0.494 e. The zero-order valence-corrected chi connectivity index (χ0v) is 24.3. The summed E-state index contributed by atoms with van der Waals surface area (Å²) in [7, 11) is -3.22. The van der Waals surface area contributed by atoms with Gasteiger partial charge in [-0.25, -0.2) is 0 Å². The van der Waals surface area contributed by atoms with Crippen molar-refractivity contribution < 1.29 is 31.1 Å². The van der Waals surface area contributed by atoms with Crippen molar-refractivity contribution in [1.29, 1.82) is 0 Å². The van der Waals surface area contributed by atoms with Crippen molar-refractivity contribution in [3.05, 3.63) is 114 Å². The average molecular weight is 604 g/mol. The lowest BCUT2D eigenvalue weighted by Gasteiger charge is -2.29. The molecular formula is C34H34F6OP+. The third-order valence-electron chi connectivity index (χ3n) is 7.24. The molecule has 0 unspecified atom stereocenters. The number of alkyl halides is 6. The van der Waals surface area contributed by atoms with E-state index >= 15 is 0 Å². The zero-order chi connectivity index (χ0) is 30.2.